The van der Waals surface area contributed by atoms with Crippen LogP contribution in [0.4, 0.5) is 0 Å². The number of nitrogens with one attached hydrogen (secondary N) is 1. The Morgan fingerprint density at radius 1 is 0.646 bits per heavy atom. The molecular formula is C39H104N4O5. The molecule has 0 unspecified atom stereocenters. The van der Waals surface area contributed by atoms with Crippen LogP contribution in [-0.4, -0.2) is 111 Å². The monoisotopic (exact) mass is 709 g/mol. The highest BCUT2D eigenvalue weighted by Gasteiger charge is 2.06. The van der Waals surface area contributed by atoms with Gasteiger partial charge in [0, 0.05) is 53.4 Å². The number of methoxy groups -OCH3 is 2. The number of carbonyl (C=O) groups excluding carboxylic acids is 2. The van der Waals surface area contributed by atoms with Crippen molar-refractivity contribution >= 4 is 11.9 Å². The third-order valence-electron chi connectivity index (χ3n) is 5.20. The van der Waals surface area contributed by atoms with Crippen molar-refractivity contribution in [3.8, 4) is 0 Å². The molecule has 0 aromatic heterocycles. The van der Waals surface area contributed by atoms with E-state index >= 15 is 0 Å². The van der Waals surface area contributed by atoms with Gasteiger partial charge in [-0.05, 0) is 92.0 Å². The average Bonchev–Trinajstić information content (AvgIpc) is 2.90. The molecule has 310 valence electrons. The molecule has 0 aliphatic rings. The summed E-state index contributed by atoms with van der Waals surface area (Å²) in [7, 11) is 13.4. The first kappa shape index (κ1) is 85.9. The fourth-order valence-electron chi connectivity index (χ4n) is 3.03. The number of carboxylic acid groups (broad SMARTS) is 1. The molecule has 0 bridgehead atoms. The second kappa shape index (κ2) is 85.4. The number of nitrogens with two attached hydrogens (primary N) is 1. The minimum atomic E-state index is -0.961. The largest absolute Gasteiger partial charge is 0.550 e. The molecule has 0 aliphatic carbocycles. The van der Waals surface area contributed by atoms with Gasteiger partial charge in [0.1, 0.15) is 0 Å². The van der Waals surface area contributed by atoms with E-state index in [1.807, 2.05) is 19.0 Å². The van der Waals surface area contributed by atoms with Crippen LogP contribution in [0.1, 0.15) is 164 Å². The highest BCUT2D eigenvalue weighted by molar-refractivity contribution is 5.75. The van der Waals surface area contributed by atoms with Crippen molar-refractivity contribution in [1.82, 2.24) is 15.1 Å². The number of nitrogens with zero attached hydrogens (tertiary/aromatic N) is 2. The van der Waals surface area contributed by atoms with E-state index in [4.69, 9.17) is 9.47 Å². The van der Waals surface area contributed by atoms with Crippen molar-refractivity contribution < 1.29 is 29.5 Å². The van der Waals surface area contributed by atoms with Crippen LogP contribution in [0.25, 0.3) is 0 Å². The van der Waals surface area contributed by atoms with Gasteiger partial charge < -0.3 is 39.8 Å². The third-order valence-corrected chi connectivity index (χ3v) is 5.20. The molecule has 1 amide bonds. The van der Waals surface area contributed by atoms with E-state index < -0.39 is 5.97 Å². The zero-order chi connectivity index (χ0) is 31.9. The Balaban J connectivity index is -0.0000000294. The molecule has 0 heterocycles. The Labute approximate surface area is 309 Å². The highest BCUT2D eigenvalue weighted by Crippen LogP contribution is 2.03. The average molecular weight is 709 g/mol. The van der Waals surface area contributed by atoms with Gasteiger partial charge in [-0.1, -0.05) is 99.9 Å². The topological polar surface area (TPSA) is 111 Å². The van der Waals surface area contributed by atoms with Gasteiger partial charge in [-0.3, -0.25) is 4.79 Å². The lowest BCUT2D eigenvalue weighted by Gasteiger charge is -2.15. The first-order chi connectivity index (χ1) is 19.1. The second-order valence-corrected chi connectivity index (χ2v) is 9.90. The number of quaternary nitrogens is 1. The van der Waals surface area contributed by atoms with Gasteiger partial charge >= 0.3 is 0 Å². The summed E-state index contributed by atoms with van der Waals surface area (Å²) in [6, 6.07) is 0. The molecule has 9 heteroatoms. The summed E-state index contributed by atoms with van der Waals surface area (Å²) in [5, 5.41) is 15.1. The maximum atomic E-state index is 11.5. The fourth-order valence-corrected chi connectivity index (χ4v) is 3.03. The number of carbonyl (C=O) groups is 2. The number of unbranched alkanes of at least 4 members (excludes halogenated alkanes) is 4. The maximum absolute atomic E-state index is 11.5. The Morgan fingerprint density at radius 3 is 1.27 bits per heavy atom. The summed E-state index contributed by atoms with van der Waals surface area (Å²) in [5.41, 5.74) is 0. The number of carboxylic acids is 1. The number of amides is 1. The second-order valence-electron chi connectivity index (χ2n) is 9.90. The third kappa shape index (κ3) is 120. The molecule has 0 rings (SSSR count). The van der Waals surface area contributed by atoms with Crippen LogP contribution in [0, 0.1) is 0 Å². The molecule has 0 atom stereocenters. The van der Waals surface area contributed by atoms with E-state index in [1.54, 1.807) is 14.2 Å². The molecule has 0 aromatic carbocycles. The maximum Gasteiger partial charge on any atom is 0.222 e. The molecule has 3 N–H and O–H groups in total. The Kier molecular flexibility index (Phi) is 153. The molecule has 48 heavy (non-hydrogen) atoms. The number of rotatable bonds is 20. The lowest BCUT2D eigenvalue weighted by atomic mass is 10.2. The molecule has 0 saturated heterocycles. The summed E-state index contributed by atoms with van der Waals surface area (Å²) >= 11 is 0. The van der Waals surface area contributed by atoms with Crippen molar-refractivity contribution in [2.45, 2.75) is 164 Å². The summed E-state index contributed by atoms with van der Waals surface area (Å²) in [4.78, 5) is 25.3. The summed E-state index contributed by atoms with van der Waals surface area (Å²) < 4.78 is 9.73. The van der Waals surface area contributed by atoms with E-state index in [1.165, 1.54) is 32.4 Å². The van der Waals surface area contributed by atoms with E-state index in [9.17, 15) is 14.7 Å². The summed E-state index contributed by atoms with van der Waals surface area (Å²) in [6.07, 6.45) is 11.3. The van der Waals surface area contributed by atoms with Gasteiger partial charge in [-0.25, -0.2) is 0 Å². The lowest BCUT2D eigenvalue weighted by molar-refractivity contribution is -0.626. The van der Waals surface area contributed by atoms with Crippen molar-refractivity contribution in [1.29, 1.82) is 0 Å². The Hall–Kier alpha value is -1.26. The molecule has 0 fully saturated rings. The van der Waals surface area contributed by atoms with Crippen LogP contribution in [0.3, 0.4) is 0 Å². The van der Waals surface area contributed by atoms with Crippen molar-refractivity contribution in [2.24, 2.45) is 0 Å². The lowest BCUT2D eigenvalue weighted by Crippen LogP contribution is -2.79. The molecule has 0 radical (unpaired) electrons. The Morgan fingerprint density at radius 2 is 1.06 bits per heavy atom. The standard InChI is InChI=1S/C11H23NO2.C7H14O3.C5H13N.2C4H11N.8CH4/c1-4-9-12(2)11(13)8-6-5-7-10-14-3;1-10-6-4-2-3-5-7(8)9;1-4-5-6(2)3;2*1-3-4-5-2;;;;;;;;/h4-10H2,1-3H3;2-6H2,1H3,(H,8,9);4-5H2,1-3H3;2*5H,3-4H2,1-2H3;8*1H4. The predicted molar refractivity (Wildman–Crippen MR) is 224 cm³/mol. The number of ether oxygens (including phenoxy) is 2. The van der Waals surface area contributed by atoms with Gasteiger partial charge in [0.15, 0.2) is 0 Å². The number of hydrogen-bond acceptors (Lipinski definition) is 7. The van der Waals surface area contributed by atoms with E-state index in [2.05, 4.69) is 64.4 Å². The van der Waals surface area contributed by atoms with Crippen LogP contribution in [0.2, 0.25) is 0 Å². The van der Waals surface area contributed by atoms with Gasteiger partial charge in [-0.2, -0.15) is 0 Å². The molecular weight excluding hydrogens is 604 g/mol. The van der Waals surface area contributed by atoms with Crippen LogP contribution >= 0.6 is 0 Å². The molecule has 9 nitrogen and oxygen atoms in total. The first-order valence-electron chi connectivity index (χ1n) is 15.6. The fraction of sp³-hybridized carbons (Fsp3) is 0.949. The van der Waals surface area contributed by atoms with E-state index in [0.29, 0.717) is 19.4 Å². The van der Waals surface area contributed by atoms with E-state index in [-0.39, 0.29) is 71.7 Å². The van der Waals surface area contributed by atoms with Crippen LogP contribution in [0.15, 0.2) is 0 Å². The molecule has 0 spiro atoms. The Bertz CT molecular complexity index is 448. The summed E-state index contributed by atoms with van der Waals surface area (Å²) in [6.45, 7) is 14.6. The van der Waals surface area contributed by atoms with Crippen molar-refractivity contribution in [3.63, 3.8) is 0 Å². The van der Waals surface area contributed by atoms with Crippen LogP contribution in [-0.2, 0) is 19.1 Å². The van der Waals surface area contributed by atoms with Gasteiger partial charge in [0.2, 0.25) is 5.91 Å². The van der Waals surface area contributed by atoms with Crippen LogP contribution < -0.4 is 15.7 Å². The molecule has 0 saturated carbocycles. The predicted octanol–water partition coefficient (Wildman–Crippen LogP) is 8.26. The highest BCUT2D eigenvalue weighted by atomic mass is 16.5. The van der Waals surface area contributed by atoms with Crippen molar-refractivity contribution in [3.05, 3.63) is 0 Å². The minimum Gasteiger partial charge on any atom is -0.550 e. The van der Waals surface area contributed by atoms with Crippen LogP contribution in [0.5, 0.6) is 0 Å². The molecule has 0 aromatic rings. The number of aliphatic carboxylic acids is 1. The van der Waals surface area contributed by atoms with Crippen molar-refractivity contribution in [2.75, 3.05) is 88.9 Å². The quantitative estimate of drug-likeness (QED) is 0.123. The normalized spacial score (nSPS) is 8.00. The van der Waals surface area contributed by atoms with Gasteiger partial charge in [0.25, 0.3) is 0 Å². The molecule has 0 aliphatic heterocycles. The van der Waals surface area contributed by atoms with Gasteiger partial charge in [-0.15, -0.1) is 0 Å². The SMILES string of the molecule is C.C.C.C.C.C.C.C.CCCN(C)C.CCCN(C)C(=O)CCCCCOC.CCCNC.CCC[NH2+]C.COCCCCCC(=O)[O-]. The first-order valence-corrected chi connectivity index (χ1v) is 15.6. The minimum absolute atomic E-state index is 0. The van der Waals surface area contributed by atoms with Gasteiger partial charge in [0.05, 0.1) is 13.6 Å². The smallest absolute Gasteiger partial charge is 0.222 e. The van der Waals surface area contributed by atoms with E-state index in [0.717, 1.165) is 58.2 Å². The zero-order valence-corrected chi connectivity index (χ0v) is 28.7. The number of hydrogen-bond donors (Lipinski definition) is 2. The zero-order valence-electron chi connectivity index (χ0n) is 28.7. The summed E-state index contributed by atoms with van der Waals surface area (Å²) in [5.74, 6) is -0.693.